The average molecular weight is 493 g/mol. The summed E-state index contributed by atoms with van der Waals surface area (Å²) in [6, 6.07) is 0.617. The number of alkyl halides is 6. The third kappa shape index (κ3) is 9.17. The van der Waals surface area contributed by atoms with Crippen LogP contribution in [0.2, 0.25) is 0 Å². The first kappa shape index (κ1) is 28.6. The van der Waals surface area contributed by atoms with Crippen molar-refractivity contribution >= 4 is 11.9 Å². The number of halogens is 6. The Labute approximate surface area is 184 Å². The lowest BCUT2D eigenvalue weighted by atomic mass is 9.99. The number of aliphatic hydroxyl groups is 1. The molecule has 2 fully saturated rings. The van der Waals surface area contributed by atoms with Gasteiger partial charge in [-0.2, -0.15) is 26.3 Å². The molecule has 2 unspecified atom stereocenters. The van der Waals surface area contributed by atoms with Gasteiger partial charge in [-0.1, -0.05) is 5.16 Å². The van der Waals surface area contributed by atoms with Gasteiger partial charge >= 0.3 is 24.3 Å². The van der Waals surface area contributed by atoms with Crippen molar-refractivity contribution in [1.29, 1.82) is 0 Å². The number of piperidine rings is 1. The van der Waals surface area contributed by atoms with Crippen LogP contribution in [0.5, 0.6) is 0 Å². The van der Waals surface area contributed by atoms with Crippen LogP contribution in [0.1, 0.15) is 23.4 Å². The minimum atomic E-state index is -5.08. The van der Waals surface area contributed by atoms with Crippen LogP contribution < -0.4 is 0 Å². The average Bonchev–Trinajstić information content (AvgIpc) is 3.14. The molecule has 0 saturated carbocycles. The van der Waals surface area contributed by atoms with E-state index in [1.54, 1.807) is 0 Å². The van der Waals surface area contributed by atoms with Gasteiger partial charge in [0.05, 0.1) is 12.3 Å². The Balaban J connectivity index is 0.000000324. The highest BCUT2D eigenvalue weighted by Gasteiger charge is 2.39. The number of aromatic nitrogens is 1. The Hall–Kier alpha value is -2.39. The monoisotopic (exact) mass is 493 g/mol. The van der Waals surface area contributed by atoms with Crippen molar-refractivity contribution < 1.29 is 55.8 Å². The maximum atomic E-state index is 10.6. The number of carboxylic acids is 2. The normalized spacial score (nSPS) is 21.0. The van der Waals surface area contributed by atoms with Gasteiger partial charge in [-0.3, -0.25) is 9.80 Å². The van der Waals surface area contributed by atoms with Gasteiger partial charge in [-0.15, -0.1) is 0 Å². The van der Waals surface area contributed by atoms with Crippen molar-refractivity contribution in [3.63, 3.8) is 0 Å². The van der Waals surface area contributed by atoms with Crippen molar-refractivity contribution in [2.45, 2.75) is 45.2 Å². The number of aliphatic carboxylic acids is 2. The molecule has 0 spiro atoms. The molecule has 0 aliphatic carbocycles. The number of carbonyl (C=O) groups is 2. The van der Waals surface area contributed by atoms with E-state index in [2.05, 4.69) is 15.0 Å². The molecule has 0 aromatic carbocycles. The van der Waals surface area contributed by atoms with Crippen LogP contribution >= 0.6 is 0 Å². The number of β-amino-alcohol motifs (C(OH)–C–C–N with tert-alkyl or cyclic N) is 1. The van der Waals surface area contributed by atoms with Crippen molar-refractivity contribution in [1.82, 2.24) is 15.0 Å². The molecule has 190 valence electrons. The summed E-state index contributed by atoms with van der Waals surface area (Å²) in [6.45, 7) is 9.44. The smallest absolute Gasteiger partial charge is 0.475 e. The largest absolute Gasteiger partial charge is 0.490 e. The fourth-order valence-electron chi connectivity index (χ4n) is 3.63. The summed E-state index contributed by atoms with van der Waals surface area (Å²) in [5.74, 6) is -3.81. The maximum absolute atomic E-state index is 10.6. The third-order valence-corrected chi connectivity index (χ3v) is 5.04. The highest BCUT2D eigenvalue weighted by molar-refractivity contribution is 5.73. The second-order valence-corrected chi connectivity index (χ2v) is 7.58. The predicted octanol–water partition coefficient (Wildman–Crippen LogP) is 2.06. The molecule has 15 heteroatoms. The molecular formula is C18H25F6N3O6. The van der Waals surface area contributed by atoms with E-state index in [1.807, 2.05) is 13.8 Å². The molecule has 2 aliphatic heterocycles. The highest BCUT2D eigenvalue weighted by atomic mass is 19.4. The standard InChI is InChI=1S/C14H23N3O2.2C2HF3O2/c1-10-14(11(2)19-15-10)9-16-6-12-5-13(8-16)17(7-12)3-4-18;2*3-2(4,5)1(6)7/h12-13,18H,3-9H2,1-2H3;2*(H,6,7). The van der Waals surface area contributed by atoms with E-state index in [4.69, 9.17) is 29.4 Å². The van der Waals surface area contributed by atoms with Crippen LogP contribution in [-0.4, -0.2) is 93.4 Å². The number of hydrogen-bond acceptors (Lipinski definition) is 7. The minimum Gasteiger partial charge on any atom is -0.475 e. The zero-order valence-electron chi connectivity index (χ0n) is 17.8. The summed E-state index contributed by atoms with van der Waals surface area (Å²) in [6.07, 6.45) is -8.88. The molecule has 0 amide bonds. The number of carboxylic acid groups (broad SMARTS) is 2. The zero-order valence-corrected chi connectivity index (χ0v) is 17.8. The fourth-order valence-corrected chi connectivity index (χ4v) is 3.63. The first-order valence-electron chi connectivity index (χ1n) is 9.65. The van der Waals surface area contributed by atoms with Gasteiger partial charge in [0.15, 0.2) is 0 Å². The summed E-state index contributed by atoms with van der Waals surface area (Å²) >= 11 is 0. The number of rotatable bonds is 4. The molecular weight excluding hydrogens is 468 g/mol. The second-order valence-electron chi connectivity index (χ2n) is 7.58. The summed E-state index contributed by atoms with van der Waals surface area (Å²) < 4.78 is 68.7. The number of nitrogens with zero attached hydrogens (tertiary/aromatic N) is 3. The minimum absolute atomic E-state index is 0.271. The fraction of sp³-hybridized carbons (Fsp3) is 0.722. The van der Waals surface area contributed by atoms with Crippen LogP contribution in [0.25, 0.3) is 0 Å². The van der Waals surface area contributed by atoms with Crippen molar-refractivity contribution in [2.24, 2.45) is 5.92 Å². The highest BCUT2D eigenvalue weighted by Crippen LogP contribution is 2.30. The lowest BCUT2D eigenvalue weighted by molar-refractivity contribution is -0.193. The van der Waals surface area contributed by atoms with Crippen LogP contribution in [0, 0.1) is 19.8 Å². The van der Waals surface area contributed by atoms with Gasteiger partial charge < -0.3 is 19.8 Å². The van der Waals surface area contributed by atoms with Crippen LogP contribution in [0.15, 0.2) is 4.52 Å². The van der Waals surface area contributed by atoms with Crippen molar-refractivity contribution in [3.8, 4) is 0 Å². The molecule has 3 heterocycles. The molecule has 3 rings (SSSR count). The van der Waals surface area contributed by atoms with Crippen molar-refractivity contribution in [3.05, 3.63) is 17.0 Å². The van der Waals surface area contributed by atoms with Gasteiger partial charge in [-0.05, 0) is 26.2 Å². The Bertz CT molecular complexity index is 754. The first-order chi connectivity index (χ1) is 15.1. The van der Waals surface area contributed by atoms with Gasteiger partial charge in [0, 0.05) is 44.3 Å². The van der Waals surface area contributed by atoms with E-state index in [9.17, 15) is 26.3 Å². The second kappa shape index (κ2) is 11.7. The Morgan fingerprint density at radius 3 is 1.94 bits per heavy atom. The zero-order chi connectivity index (χ0) is 25.6. The summed E-state index contributed by atoms with van der Waals surface area (Å²) in [4.78, 5) is 22.8. The molecule has 0 radical (unpaired) electrons. The maximum Gasteiger partial charge on any atom is 0.490 e. The summed E-state index contributed by atoms with van der Waals surface area (Å²) in [7, 11) is 0. The van der Waals surface area contributed by atoms with E-state index >= 15 is 0 Å². The van der Waals surface area contributed by atoms with E-state index in [-0.39, 0.29) is 6.61 Å². The third-order valence-electron chi connectivity index (χ3n) is 5.04. The topological polar surface area (TPSA) is 127 Å². The van der Waals surface area contributed by atoms with Gasteiger partial charge in [0.1, 0.15) is 5.76 Å². The lowest BCUT2D eigenvalue weighted by Gasteiger charge is -2.32. The van der Waals surface area contributed by atoms with E-state index in [0.29, 0.717) is 6.04 Å². The Morgan fingerprint density at radius 2 is 1.55 bits per heavy atom. The molecule has 33 heavy (non-hydrogen) atoms. The molecule has 1 aromatic heterocycles. The van der Waals surface area contributed by atoms with E-state index in [0.717, 1.165) is 50.1 Å². The number of likely N-dealkylation sites (tertiary alicyclic amines) is 2. The molecule has 2 atom stereocenters. The van der Waals surface area contributed by atoms with E-state index < -0.39 is 24.3 Å². The van der Waals surface area contributed by atoms with Crippen LogP contribution in [0.3, 0.4) is 0 Å². The lowest BCUT2D eigenvalue weighted by Crippen LogP contribution is -2.42. The van der Waals surface area contributed by atoms with Crippen molar-refractivity contribution in [2.75, 3.05) is 32.8 Å². The predicted molar refractivity (Wildman–Crippen MR) is 99.2 cm³/mol. The number of fused-ring (bicyclic) bond motifs is 2. The van der Waals surface area contributed by atoms with Crippen LogP contribution in [0.4, 0.5) is 26.3 Å². The number of aryl methyl sites for hydroxylation is 2. The molecule has 2 bridgehead atoms. The molecule has 9 nitrogen and oxygen atoms in total. The first-order valence-corrected chi connectivity index (χ1v) is 9.65. The number of aliphatic hydroxyl groups excluding tert-OH is 1. The molecule has 2 saturated heterocycles. The van der Waals surface area contributed by atoms with E-state index in [1.165, 1.54) is 12.0 Å². The quantitative estimate of drug-likeness (QED) is 0.540. The summed E-state index contributed by atoms with van der Waals surface area (Å²) in [5.41, 5.74) is 2.26. The summed E-state index contributed by atoms with van der Waals surface area (Å²) in [5, 5.41) is 27.4. The van der Waals surface area contributed by atoms with Crippen LogP contribution in [-0.2, 0) is 16.1 Å². The molecule has 2 aliphatic rings. The van der Waals surface area contributed by atoms with Gasteiger partial charge in [0.25, 0.3) is 0 Å². The molecule has 1 aromatic rings. The van der Waals surface area contributed by atoms with Gasteiger partial charge in [0.2, 0.25) is 0 Å². The van der Waals surface area contributed by atoms with Gasteiger partial charge in [-0.25, -0.2) is 9.59 Å². The molecule has 3 N–H and O–H groups in total. The Morgan fingerprint density at radius 1 is 1.03 bits per heavy atom. The SMILES string of the molecule is Cc1noc(C)c1CN1CC2CC(C1)N(CCO)C2.O=C(O)C(F)(F)F.O=C(O)C(F)(F)F. The number of hydrogen-bond donors (Lipinski definition) is 3. The Kier molecular flexibility index (Phi) is 10.1.